The molecule has 0 saturated carbocycles. The van der Waals surface area contributed by atoms with Gasteiger partial charge in [0.2, 0.25) is 5.91 Å². The van der Waals surface area contributed by atoms with E-state index >= 15 is 0 Å². The van der Waals surface area contributed by atoms with E-state index in [2.05, 4.69) is 129 Å². The minimum atomic E-state index is -1.58. The fourth-order valence-electron chi connectivity index (χ4n) is 10.9. The number of amides is 1. The Bertz CT molecular complexity index is 1790. The van der Waals surface area contributed by atoms with Crippen LogP contribution in [-0.4, -0.2) is 87.5 Å². The zero-order valence-electron chi connectivity index (χ0n) is 56.0. The third-order valence-corrected chi connectivity index (χ3v) is 16.5. The first-order chi connectivity index (χ1) is 42.8. The molecule has 1 heterocycles. The maximum atomic E-state index is 13.1. The van der Waals surface area contributed by atoms with E-state index in [0.29, 0.717) is 6.42 Å². The number of rotatable bonds is 62. The van der Waals surface area contributed by atoms with Gasteiger partial charge in [0.1, 0.15) is 24.4 Å². The van der Waals surface area contributed by atoms with Crippen molar-refractivity contribution in [3.05, 3.63) is 122 Å². The van der Waals surface area contributed by atoms with Gasteiger partial charge in [0.15, 0.2) is 6.29 Å². The van der Waals surface area contributed by atoms with Gasteiger partial charge in [-0.2, -0.15) is 0 Å². The molecule has 0 aromatic rings. The summed E-state index contributed by atoms with van der Waals surface area (Å²) < 4.78 is 11.3. The highest BCUT2D eigenvalue weighted by atomic mass is 16.7. The van der Waals surface area contributed by atoms with Crippen LogP contribution in [0.15, 0.2) is 122 Å². The van der Waals surface area contributed by atoms with Crippen molar-refractivity contribution >= 4 is 5.91 Å². The summed E-state index contributed by atoms with van der Waals surface area (Å²) in [7, 11) is 0. The zero-order valence-corrected chi connectivity index (χ0v) is 56.0. The Morgan fingerprint density at radius 2 is 0.713 bits per heavy atom. The van der Waals surface area contributed by atoms with E-state index in [1.165, 1.54) is 180 Å². The first-order valence-corrected chi connectivity index (χ1v) is 36.3. The smallest absolute Gasteiger partial charge is 0.220 e. The first-order valence-electron chi connectivity index (χ1n) is 36.3. The molecule has 1 amide bonds. The molecule has 7 atom stereocenters. The summed E-state index contributed by atoms with van der Waals surface area (Å²) >= 11 is 0. The van der Waals surface area contributed by atoms with E-state index in [4.69, 9.17) is 9.47 Å². The maximum absolute atomic E-state index is 13.1. The summed E-state index contributed by atoms with van der Waals surface area (Å²) in [6.45, 7) is 3.69. The van der Waals surface area contributed by atoms with Gasteiger partial charge in [-0.3, -0.25) is 4.79 Å². The van der Waals surface area contributed by atoms with E-state index in [9.17, 15) is 30.3 Å². The normalized spacial score (nSPS) is 18.7. The van der Waals surface area contributed by atoms with Gasteiger partial charge in [-0.15, -0.1) is 0 Å². The monoisotopic (exact) mass is 1210 g/mol. The lowest BCUT2D eigenvalue weighted by Crippen LogP contribution is -2.60. The van der Waals surface area contributed by atoms with Crippen LogP contribution in [0.5, 0.6) is 0 Å². The number of carbonyl (C=O) groups is 1. The van der Waals surface area contributed by atoms with Gasteiger partial charge in [0.25, 0.3) is 0 Å². The molecule has 1 saturated heterocycles. The summed E-state index contributed by atoms with van der Waals surface area (Å²) in [6, 6.07) is -0.818. The van der Waals surface area contributed by atoms with Crippen molar-refractivity contribution in [1.29, 1.82) is 0 Å². The predicted molar refractivity (Wildman–Crippen MR) is 373 cm³/mol. The number of aliphatic hydroxyl groups is 5. The second-order valence-corrected chi connectivity index (χ2v) is 24.7. The molecule has 9 nitrogen and oxygen atoms in total. The van der Waals surface area contributed by atoms with Gasteiger partial charge >= 0.3 is 0 Å². The van der Waals surface area contributed by atoms with Crippen molar-refractivity contribution in [3.63, 3.8) is 0 Å². The van der Waals surface area contributed by atoms with Crippen LogP contribution in [0.25, 0.3) is 0 Å². The van der Waals surface area contributed by atoms with Crippen LogP contribution in [0.2, 0.25) is 0 Å². The number of unbranched alkanes of at least 4 members (excludes halogenated alkanes) is 34. The Labute approximate surface area is 535 Å². The van der Waals surface area contributed by atoms with Crippen molar-refractivity contribution in [1.82, 2.24) is 5.32 Å². The molecular formula is C78H135NO8. The average molecular weight is 1210 g/mol. The second-order valence-electron chi connectivity index (χ2n) is 24.7. The Hall–Kier alpha value is -3.41. The molecule has 0 aromatic heterocycles. The number of allylic oxidation sites excluding steroid dienone is 19. The van der Waals surface area contributed by atoms with Crippen LogP contribution < -0.4 is 5.32 Å². The number of hydrogen-bond donors (Lipinski definition) is 6. The van der Waals surface area contributed by atoms with Crippen LogP contribution >= 0.6 is 0 Å². The zero-order chi connectivity index (χ0) is 62.8. The van der Waals surface area contributed by atoms with Gasteiger partial charge < -0.3 is 40.3 Å². The fourth-order valence-corrected chi connectivity index (χ4v) is 10.9. The predicted octanol–water partition coefficient (Wildman–Crippen LogP) is 20.2. The van der Waals surface area contributed by atoms with Gasteiger partial charge in [-0.25, -0.2) is 0 Å². The van der Waals surface area contributed by atoms with E-state index in [-0.39, 0.29) is 12.5 Å². The topological polar surface area (TPSA) is 149 Å². The molecular weight excluding hydrogens is 1080 g/mol. The van der Waals surface area contributed by atoms with Crippen LogP contribution in [0.4, 0.5) is 0 Å². The van der Waals surface area contributed by atoms with Crippen LogP contribution in [0.1, 0.15) is 309 Å². The van der Waals surface area contributed by atoms with Gasteiger partial charge in [-0.1, -0.05) is 334 Å². The number of hydrogen-bond acceptors (Lipinski definition) is 8. The van der Waals surface area contributed by atoms with Crippen LogP contribution in [0, 0.1) is 0 Å². The summed E-state index contributed by atoms with van der Waals surface area (Å²) in [5.41, 5.74) is 0. The van der Waals surface area contributed by atoms with E-state index in [1.807, 2.05) is 6.08 Å². The average Bonchev–Trinajstić information content (AvgIpc) is 3.37. The van der Waals surface area contributed by atoms with Crippen LogP contribution in [0.3, 0.4) is 0 Å². The molecule has 1 aliphatic heterocycles. The molecule has 0 aromatic carbocycles. The van der Waals surface area contributed by atoms with Crippen LogP contribution in [-0.2, 0) is 14.3 Å². The van der Waals surface area contributed by atoms with Gasteiger partial charge in [-0.05, 0) is 89.9 Å². The first kappa shape index (κ1) is 81.6. The highest BCUT2D eigenvalue weighted by Gasteiger charge is 2.44. The molecule has 0 spiro atoms. The summed E-state index contributed by atoms with van der Waals surface area (Å²) in [5, 5.41) is 54.8. The SMILES string of the molecule is CC/C=C\C/C=C\C/C=C\C/C=C\C/C=C\C/C=C\C/C=C\C/C=C\C/C=C\CCCCCCCCCCCC(=O)NC(COC1OC(CO)C(O)C(O)C1O)C(O)/C=C/CCCCCCCCCCCCCCCCCCCCCCCCCCC. The number of aliphatic hydroxyl groups excluding tert-OH is 5. The van der Waals surface area contributed by atoms with E-state index in [1.54, 1.807) is 6.08 Å². The minimum Gasteiger partial charge on any atom is -0.394 e. The Kier molecular flexibility index (Phi) is 61.5. The lowest BCUT2D eigenvalue weighted by molar-refractivity contribution is -0.302. The minimum absolute atomic E-state index is 0.185. The molecule has 1 rings (SSSR count). The highest BCUT2D eigenvalue weighted by molar-refractivity contribution is 5.76. The summed E-state index contributed by atoms with van der Waals surface area (Å²) in [4.78, 5) is 13.1. The molecule has 1 fully saturated rings. The van der Waals surface area contributed by atoms with Crippen molar-refractivity contribution < 1.29 is 39.8 Å². The number of nitrogens with one attached hydrogen (secondary N) is 1. The second kappa shape index (κ2) is 65.5. The lowest BCUT2D eigenvalue weighted by atomic mass is 9.99. The largest absolute Gasteiger partial charge is 0.394 e. The highest BCUT2D eigenvalue weighted by Crippen LogP contribution is 2.23. The third kappa shape index (κ3) is 54.1. The fraction of sp³-hybridized carbons (Fsp3) is 0.731. The summed E-state index contributed by atoms with van der Waals surface area (Å²) in [5.74, 6) is -0.185. The standard InChI is InChI=1S/C78H135NO8/c1-3-5-7-9-11-13-15-17-19-21-23-25-27-29-31-32-33-34-35-36-37-38-39-40-42-44-46-48-50-52-54-56-58-60-62-64-66-68-74(82)79-71(70-86-78-77(85)76(84)75(83)73(69-80)87-78)72(81)67-65-63-61-59-57-55-53-51-49-47-45-43-41-30-28-26-24-22-20-18-16-14-12-10-8-6-4-2/h5,7,11,13,17,19,23,25,29,31,33-34,36-37,39-40,44,46,65,67,71-73,75-78,80-81,83-85H,3-4,6,8-10,12,14-16,18,20-22,24,26-28,30,32,35,38,41-43,45,47-64,66,68-70H2,1-2H3,(H,79,82)/b7-5-,13-11-,19-17-,25-23-,31-29-,34-33-,37-36-,40-39-,46-44-,67-65+. The van der Waals surface area contributed by atoms with E-state index < -0.39 is 49.5 Å². The molecule has 6 N–H and O–H groups in total. The van der Waals surface area contributed by atoms with Crippen molar-refractivity contribution in [2.45, 2.75) is 352 Å². The Balaban J connectivity index is 2.16. The van der Waals surface area contributed by atoms with Gasteiger partial charge in [0, 0.05) is 6.42 Å². The van der Waals surface area contributed by atoms with Crippen molar-refractivity contribution in [3.8, 4) is 0 Å². The Morgan fingerprint density at radius 1 is 0.402 bits per heavy atom. The summed E-state index contributed by atoms with van der Waals surface area (Å²) in [6.07, 6.45) is 91.5. The molecule has 0 radical (unpaired) electrons. The van der Waals surface area contributed by atoms with Crippen molar-refractivity contribution in [2.75, 3.05) is 13.2 Å². The Morgan fingerprint density at radius 3 is 1.06 bits per heavy atom. The molecule has 0 aliphatic carbocycles. The van der Waals surface area contributed by atoms with Gasteiger partial charge in [0.05, 0.1) is 25.4 Å². The molecule has 7 unspecified atom stereocenters. The lowest BCUT2D eigenvalue weighted by Gasteiger charge is -2.40. The number of ether oxygens (including phenoxy) is 2. The quantitative estimate of drug-likeness (QED) is 0.0261. The van der Waals surface area contributed by atoms with E-state index in [0.717, 1.165) is 109 Å². The maximum Gasteiger partial charge on any atom is 0.220 e. The molecule has 0 bridgehead atoms. The number of carbonyl (C=O) groups excluding carboxylic acids is 1. The molecule has 87 heavy (non-hydrogen) atoms. The molecule has 1 aliphatic rings. The molecule has 9 heteroatoms. The van der Waals surface area contributed by atoms with Crippen molar-refractivity contribution in [2.24, 2.45) is 0 Å². The third-order valence-electron chi connectivity index (χ3n) is 16.5. The molecule has 500 valence electrons.